The van der Waals surface area contributed by atoms with Crippen LogP contribution >= 0.6 is 0 Å². The lowest BCUT2D eigenvalue weighted by Crippen LogP contribution is -2.39. The Balaban J connectivity index is 1.50. The molecule has 0 aliphatic heterocycles. The molecular weight excluding hydrogens is 582 g/mol. The number of hydrogen-bond donors (Lipinski definition) is 1. The summed E-state index contributed by atoms with van der Waals surface area (Å²) in [5.74, 6) is 1.09. The normalized spacial score (nSPS) is 11.2. The van der Waals surface area contributed by atoms with Crippen LogP contribution in [-0.2, 0) is 21.4 Å². The molecule has 0 radical (unpaired) electrons. The standard InChI is InChI=1S/C33H35N3O7S/c1-5-42-32-19-26(13-17-30(32)43-23-25-9-7-6-8-10-25)21-34-35-33(37)22-36(27-14-11-24(2)12-15-27)44(38,39)28-16-18-29(40-3)31(20-28)41-4/h6-21H,5,22-23H2,1-4H3,(H,35,37)/b34-21-. The quantitative estimate of drug-likeness (QED) is 0.150. The smallest absolute Gasteiger partial charge is 0.264 e. The summed E-state index contributed by atoms with van der Waals surface area (Å²) in [7, 11) is -1.31. The van der Waals surface area contributed by atoms with Crippen molar-refractivity contribution in [1.82, 2.24) is 5.43 Å². The summed E-state index contributed by atoms with van der Waals surface area (Å²) in [6, 6.07) is 26.2. The van der Waals surface area contributed by atoms with Gasteiger partial charge in [0, 0.05) is 6.07 Å². The largest absolute Gasteiger partial charge is 0.493 e. The average Bonchev–Trinajstić information content (AvgIpc) is 3.04. The van der Waals surface area contributed by atoms with Gasteiger partial charge >= 0.3 is 0 Å². The van der Waals surface area contributed by atoms with Crippen LogP contribution in [0.2, 0.25) is 0 Å². The molecule has 1 N–H and O–H groups in total. The van der Waals surface area contributed by atoms with Crippen molar-refractivity contribution in [2.45, 2.75) is 25.3 Å². The molecule has 11 heteroatoms. The Kier molecular flexibility index (Phi) is 10.8. The highest BCUT2D eigenvalue weighted by molar-refractivity contribution is 7.92. The van der Waals surface area contributed by atoms with Gasteiger partial charge in [0.15, 0.2) is 23.0 Å². The number of nitrogens with zero attached hydrogens (tertiary/aromatic N) is 2. The van der Waals surface area contributed by atoms with Crippen molar-refractivity contribution in [3.8, 4) is 23.0 Å². The highest BCUT2D eigenvalue weighted by atomic mass is 32.2. The number of carbonyl (C=O) groups excluding carboxylic acids is 1. The number of hydrogen-bond acceptors (Lipinski definition) is 8. The van der Waals surface area contributed by atoms with Crippen LogP contribution < -0.4 is 28.7 Å². The molecule has 0 aliphatic carbocycles. The van der Waals surface area contributed by atoms with E-state index in [4.69, 9.17) is 18.9 Å². The van der Waals surface area contributed by atoms with E-state index in [0.29, 0.717) is 41.7 Å². The summed E-state index contributed by atoms with van der Waals surface area (Å²) in [4.78, 5) is 12.9. The summed E-state index contributed by atoms with van der Waals surface area (Å²) >= 11 is 0. The summed E-state index contributed by atoms with van der Waals surface area (Å²) in [5.41, 5.74) is 5.35. The number of rotatable bonds is 14. The number of methoxy groups -OCH3 is 2. The molecule has 4 aromatic rings. The molecule has 4 rings (SSSR count). The van der Waals surface area contributed by atoms with Crippen molar-refractivity contribution in [2.75, 3.05) is 31.7 Å². The van der Waals surface area contributed by atoms with Crippen LogP contribution in [0, 0.1) is 6.92 Å². The Hall–Kier alpha value is -5.03. The van der Waals surface area contributed by atoms with Gasteiger partial charge in [-0.05, 0) is 67.4 Å². The zero-order chi connectivity index (χ0) is 31.5. The fourth-order valence-corrected chi connectivity index (χ4v) is 5.64. The maximum absolute atomic E-state index is 13.8. The SMILES string of the molecule is CCOc1cc(/C=N\NC(=O)CN(c2ccc(C)cc2)S(=O)(=O)c2ccc(OC)c(OC)c2)ccc1OCc1ccccc1. The molecule has 0 spiro atoms. The number of amides is 1. The van der Waals surface area contributed by atoms with Crippen LogP contribution in [0.15, 0.2) is 101 Å². The van der Waals surface area contributed by atoms with Gasteiger partial charge < -0.3 is 18.9 Å². The highest BCUT2D eigenvalue weighted by Crippen LogP contribution is 2.32. The van der Waals surface area contributed by atoms with Crippen LogP contribution in [0.25, 0.3) is 0 Å². The first-order chi connectivity index (χ1) is 21.2. The zero-order valence-corrected chi connectivity index (χ0v) is 25.8. The predicted octanol–water partition coefficient (Wildman–Crippen LogP) is 5.34. The molecule has 230 valence electrons. The molecule has 0 fully saturated rings. The lowest BCUT2D eigenvalue weighted by atomic mass is 10.2. The predicted molar refractivity (Wildman–Crippen MR) is 169 cm³/mol. The second-order valence-corrected chi connectivity index (χ2v) is 11.4. The highest BCUT2D eigenvalue weighted by Gasteiger charge is 2.28. The Bertz CT molecular complexity index is 1690. The molecule has 0 saturated heterocycles. The number of ether oxygens (including phenoxy) is 4. The summed E-state index contributed by atoms with van der Waals surface area (Å²) in [5, 5.41) is 4.05. The van der Waals surface area contributed by atoms with Crippen LogP contribution in [-0.4, -0.2) is 47.9 Å². The lowest BCUT2D eigenvalue weighted by Gasteiger charge is -2.24. The second kappa shape index (κ2) is 14.9. The van der Waals surface area contributed by atoms with Gasteiger partial charge in [-0.1, -0.05) is 48.0 Å². The van der Waals surface area contributed by atoms with E-state index in [-0.39, 0.29) is 10.6 Å². The van der Waals surface area contributed by atoms with Gasteiger partial charge in [0.2, 0.25) is 0 Å². The van der Waals surface area contributed by atoms with Gasteiger partial charge in [-0.15, -0.1) is 0 Å². The van der Waals surface area contributed by atoms with E-state index >= 15 is 0 Å². The Morgan fingerprint density at radius 1 is 0.841 bits per heavy atom. The molecule has 0 unspecified atom stereocenters. The van der Waals surface area contributed by atoms with Gasteiger partial charge in [-0.25, -0.2) is 13.8 Å². The topological polar surface area (TPSA) is 116 Å². The maximum Gasteiger partial charge on any atom is 0.264 e. The summed E-state index contributed by atoms with van der Waals surface area (Å²) in [6.45, 7) is 4.05. The number of benzene rings is 4. The van der Waals surface area contributed by atoms with Gasteiger partial charge in [-0.3, -0.25) is 9.10 Å². The third kappa shape index (κ3) is 8.07. The zero-order valence-electron chi connectivity index (χ0n) is 25.0. The second-order valence-electron chi connectivity index (χ2n) is 9.57. The van der Waals surface area contributed by atoms with Crippen molar-refractivity contribution >= 4 is 27.8 Å². The van der Waals surface area contributed by atoms with Crippen molar-refractivity contribution in [3.05, 3.63) is 108 Å². The van der Waals surface area contributed by atoms with Crippen molar-refractivity contribution in [3.63, 3.8) is 0 Å². The number of anilines is 1. The number of aryl methyl sites for hydroxylation is 1. The Morgan fingerprint density at radius 3 is 2.23 bits per heavy atom. The number of sulfonamides is 1. The van der Waals surface area contributed by atoms with E-state index in [0.717, 1.165) is 15.4 Å². The Morgan fingerprint density at radius 2 is 1.55 bits per heavy atom. The van der Waals surface area contributed by atoms with Crippen LogP contribution in [0.4, 0.5) is 5.69 Å². The van der Waals surface area contributed by atoms with E-state index in [1.54, 1.807) is 42.5 Å². The van der Waals surface area contributed by atoms with E-state index in [1.165, 1.54) is 38.6 Å². The summed E-state index contributed by atoms with van der Waals surface area (Å²) in [6.07, 6.45) is 1.44. The lowest BCUT2D eigenvalue weighted by molar-refractivity contribution is -0.119. The van der Waals surface area contributed by atoms with Gasteiger partial charge in [-0.2, -0.15) is 5.10 Å². The molecule has 44 heavy (non-hydrogen) atoms. The molecule has 0 saturated carbocycles. The fraction of sp³-hybridized carbons (Fsp3) is 0.212. The van der Waals surface area contributed by atoms with E-state index in [9.17, 15) is 13.2 Å². The van der Waals surface area contributed by atoms with E-state index in [1.807, 2.05) is 44.2 Å². The molecule has 0 aliphatic rings. The minimum absolute atomic E-state index is 0.0648. The minimum atomic E-state index is -4.18. The number of nitrogens with one attached hydrogen (secondary N) is 1. The summed E-state index contributed by atoms with van der Waals surface area (Å²) < 4.78 is 50.8. The Labute approximate surface area is 257 Å². The third-order valence-corrected chi connectivity index (χ3v) is 8.23. The van der Waals surface area contributed by atoms with Gasteiger partial charge in [0.1, 0.15) is 13.2 Å². The molecule has 0 aromatic heterocycles. The molecule has 0 heterocycles. The van der Waals surface area contributed by atoms with Crippen LogP contribution in [0.1, 0.15) is 23.6 Å². The first kappa shape index (κ1) is 31.9. The molecular formula is C33H35N3O7S. The molecule has 1 amide bonds. The van der Waals surface area contributed by atoms with Crippen molar-refractivity contribution in [1.29, 1.82) is 0 Å². The molecule has 4 aromatic carbocycles. The third-order valence-electron chi connectivity index (χ3n) is 6.46. The minimum Gasteiger partial charge on any atom is -0.493 e. The average molecular weight is 618 g/mol. The fourth-order valence-electron chi connectivity index (χ4n) is 4.20. The van der Waals surface area contributed by atoms with Crippen LogP contribution in [0.5, 0.6) is 23.0 Å². The maximum atomic E-state index is 13.8. The molecule has 10 nitrogen and oxygen atoms in total. The van der Waals surface area contributed by atoms with Crippen LogP contribution in [0.3, 0.4) is 0 Å². The first-order valence-electron chi connectivity index (χ1n) is 13.8. The molecule has 0 bridgehead atoms. The molecule has 0 atom stereocenters. The van der Waals surface area contributed by atoms with Crippen molar-refractivity contribution in [2.24, 2.45) is 5.10 Å². The number of carbonyl (C=O) groups is 1. The monoisotopic (exact) mass is 617 g/mol. The van der Waals surface area contributed by atoms with E-state index in [2.05, 4.69) is 10.5 Å². The van der Waals surface area contributed by atoms with Crippen molar-refractivity contribution < 1.29 is 32.2 Å². The van der Waals surface area contributed by atoms with Gasteiger partial charge in [0.05, 0.1) is 37.6 Å². The number of hydrazone groups is 1. The first-order valence-corrected chi connectivity index (χ1v) is 15.3. The van der Waals surface area contributed by atoms with E-state index < -0.39 is 22.5 Å². The van der Waals surface area contributed by atoms with Gasteiger partial charge in [0.25, 0.3) is 15.9 Å².